The molecule has 0 aliphatic heterocycles. The molecule has 118 valence electrons. The van der Waals surface area contributed by atoms with Crippen LogP contribution in [-0.4, -0.2) is 22.2 Å². The zero-order valence-corrected chi connectivity index (χ0v) is 12.9. The van der Waals surface area contributed by atoms with Gasteiger partial charge in [-0.2, -0.15) is 5.10 Å². The first-order valence-electron chi connectivity index (χ1n) is 6.14. The lowest BCUT2D eigenvalue weighted by Crippen LogP contribution is -2.17. The molecule has 0 radical (unpaired) electrons. The number of carbonyl (C=O) groups excluding carboxylic acids is 1. The van der Waals surface area contributed by atoms with Crippen LogP contribution in [0.1, 0.15) is 15.9 Å². The number of phenols is 1. The zero-order chi connectivity index (χ0) is 17.0. The number of aromatic hydroxyl groups is 1. The average Bonchev–Trinajstić information content (AvgIpc) is 2.51. The number of carbonyl (C=O) groups is 1. The molecule has 0 spiro atoms. The molecule has 0 heterocycles. The monoisotopic (exact) mass is 381 g/mol. The summed E-state index contributed by atoms with van der Waals surface area (Å²) in [6, 6.07) is 7.06. The van der Waals surface area contributed by atoms with Gasteiger partial charge in [-0.05, 0) is 40.2 Å². The lowest BCUT2D eigenvalue weighted by Gasteiger charge is -2.02. The molecule has 2 aromatic carbocycles. The smallest absolute Gasteiger partial charge is 0.271 e. The number of nitrogens with zero attached hydrogens (tertiary/aromatic N) is 2. The summed E-state index contributed by atoms with van der Waals surface area (Å²) < 4.78 is 12.9. The molecule has 0 fully saturated rings. The second-order valence-corrected chi connectivity index (χ2v) is 5.18. The fourth-order valence-electron chi connectivity index (χ4n) is 1.64. The van der Waals surface area contributed by atoms with Gasteiger partial charge >= 0.3 is 0 Å². The number of rotatable bonds is 4. The second kappa shape index (κ2) is 6.97. The van der Waals surface area contributed by atoms with E-state index in [9.17, 15) is 24.4 Å². The van der Waals surface area contributed by atoms with Gasteiger partial charge in [0.2, 0.25) is 0 Å². The van der Waals surface area contributed by atoms with Crippen molar-refractivity contribution < 1.29 is 19.2 Å². The summed E-state index contributed by atoms with van der Waals surface area (Å²) in [6.45, 7) is 0. The minimum absolute atomic E-state index is 0.0467. The number of amides is 1. The number of hydrogen-bond donors (Lipinski definition) is 2. The summed E-state index contributed by atoms with van der Waals surface area (Å²) in [5, 5.41) is 24.2. The number of nitro benzene ring substituents is 1. The highest BCUT2D eigenvalue weighted by Gasteiger charge is 2.13. The van der Waals surface area contributed by atoms with Crippen molar-refractivity contribution in [2.24, 2.45) is 5.10 Å². The molecule has 23 heavy (non-hydrogen) atoms. The minimum atomic E-state index is -0.626. The summed E-state index contributed by atoms with van der Waals surface area (Å²) in [5.41, 5.74) is 2.16. The maximum Gasteiger partial charge on any atom is 0.271 e. The van der Waals surface area contributed by atoms with Gasteiger partial charge in [0.15, 0.2) is 0 Å². The van der Waals surface area contributed by atoms with Crippen LogP contribution in [0, 0.1) is 15.9 Å². The maximum atomic E-state index is 12.8. The van der Waals surface area contributed by atoms with E-state index < -0.39 is 16.6 Å². The Kier molecular flexibility index (Phi) is 5.02. The molecule has 1 amide bonds. The standard InChI is InChI=1S/C14H9BrFN3O4/c15-12-6-11(19(22)23)5-9(13(12)20)7-17-18-14(21)8-1-3-10(16)4-2-8/h1-7,20H,(H,18,21)/b17-7+. The number of nitro groups is 1. The molecule has 2 N–H and O–H groups in total. The normalized spacial score (nSPS) is 10.7. The molecule has 2 aromatic rings. The molecule has 0 saturated heterocycles. The summed E-state index contributed by atoms with van der Waals surface area (Å²) >= 11 is 2.99. The van der Waals surface area contributed by atoms with Crippen molar-refractivity contribution in [2.75, 3.05) is 0 Å². The van der Waals surface area contributed by atoms with Gasteiger partial charge in [0, 0.05) is 23.3 Å². The van der Waals surface area contributed by atoms with Gasteiger partial charge in [0.25, 0.3) is 11.6 Å². The molecule has 2 rings (SSSR count). The summed E-state index contributed by atoms with van der Waals surface area (Å²) in [4.78, 5) is 21.9. The number of hydrogen-bond acceptors (Lipinski definition) is 5. The van der Waals surface area contributed by atoms with Crippen LogP contribution in [0.15, 0.2) is 46.0 Å². The van der Waals surface area contributed by atoms with Gasteiger partial charge in [-0.25, -0.2) is 9.82 Å². The van der Waals surface area contributed by atoms with Gasteiger partial charge in [-0.1, -0.05) is 0 Å². The van der Waals surface area contributed by atoms with E-state index in [-0.39, 0.29) is 27.0 Å². The Labute approximate surface area is 137 Å². The predicted molar refractivity (Wildman–Crippen MR) is 83.9 cm³/mol. The Morgan fingerprint density at radius 3 is 2.61 bits per heavy atom. The molecule has 0 unspecified atom stereocenters. The number of nitrogens with one attached hydrogen (secondary N) is 1. The largest absolute Gasteiger partial charge is 0.506 e. The van der Waals surface area contributed by atoms with Gasteiger partial charge in [0.1, 0.15) is 11.6 Å². The van der Waals surface area contributed by atoms with Crippen LogP contribution in [-0.2, 0) is 0 Å². The Morgan fingerprint density at radius 1 is 1.35 bits per heavy atom. The van der Waals surface area contributed by atoms with Crippen LogP contribution in [0.4, 0.5) is 10.1 Å². The third-order valence-corrected chi connectivity index (χ3v) is 3.37. The molecule has 7 nitrogen and oxygen atoms in total. The van der Waals surface area contributed by atoms with Gasteiger partial charge in [-0.15, -0.1) is 0 Å². The van der Waals surface area contributed by atoms with Gasteiger partial charge in [-0.3, -0.25) is 14.9 Å². The Bertz CT molecular complexity index is 793. The van der Waals surface area contributed by atoms with Crippen molar-refractivity contribution >= 4 is 33.7 Å². The maximum absolute atomic E-state index is 12.8. The van der Waals surface area contributed by atoms with Gasteiger partial charge in [0.05, 0.1) is 15.6 Å². The molecule has 0 aliphatic rings. The van der Waals surface area contributed by atoms with Crippen molar-refractivity contribution in [1.82, 2.24) is 5.43 Å². The fraction of sp³-hybridized carbons (Fsp3) is 0. The fourth-order valence-corrected chi connectivity index (χ4v) is 2.10. The van der Waals surface area contributed by atoms with Crippen LogP contribution in [0.3, 0.4) is 0 Å². The average molecular weight is 382 g/mol. The van der Waals surface area contributed by atoms with Crippen LogP contribution in [0.2, 0.25) is 0 Å². The van der Waals surface area contributed by atoms with Gasteiger partial charge < -0.3 is 5.11 Å². The summed E-state index contributed by atoms with van der Waals surface area (Å²) in [6.07, 6.45) is 1.06. The number of non-ortho nitro benzene ring substituents is 1. The SMILES string of the molecule is O=C(N/N=C/c1cc([N+](=O)[O-])cc(Br)c1O)c1ccc(F)cc1. The van der Waals surface area contributed by atoms with Crippen molar-refractivity contribution in [3.63, 3.8) is 0 Å². The zero-order valence-electron chi connectivity index (χ0n) is 11.4. The second-order valence-electron chi connectivity index (χ2n) is 4.33. The highest BCUT2D eigenvalue weighted by atomic mass is 79.9. The molecule has 0 aromatic heterocycles. The van der Waals surface area contributed by atoms with Crippen LogP contribution < -0.4 is 5.43 Å². The molecule has 0 bridgehead atoms. The van der Waals surface area contributed by atoms with Crippen LogP contribution in [0.25, 0.3) is 0 Å². The summed E-state index contributed by atoms with van der Waals surface area (Å²) in [5.74, 6) is -1.32. The first-order chi connectivity index (χ1) is 10.9. The third kappa shape index (κ3) is 4.10. The van der Waals surface area contributed by atoms with E-state index in [1.807, 2.05) is 0 Å². The molecular formula is C14H9BrFN3O4. The molecule has 9 heteroatoms. The van der Waals surface area contributed by atoms with E-state index in [4.69, 9.17) is 0 Å². The minimum Gasteiger partial charge on any atom is -0.506 e. The van der Waals surface area contributed by atoms with Crippen molar-refractivity contribution in [3.05, 3.63) is 67.9 Å². The lowest BCUT2D eigenvalue weighted by atomic mass is 10.2. The number of benzene rings is 2. The van der Waals surface area contributed by atoms with Crippen LogP contribution >= 0.6 is 15.9 Å². The van der Waals surface area contributed by atoms with E-state index in [1.54, 1.807) is 0 Å². The highest BCUT2D eigenvalue weighted by Crippen LogP contribution is 2.31. The van der Waals surface area contributed by atoms with E-state index in [2.05, 4.69) is 26.5 Å². The predicted octanol–water partition coefficient (Wildman–Crippen LogP) is 2.97. The quantitative estimate of drug-likeness (QED) is 0.482. The Hall–Kier alpha value is -2.81. The Balaban J connectivity index is 2.15. The lowest BCUT2D eigenvalue weighted by molar-refractivity contribution is -0.385. The number of phenolic OH excluding ortho intramolecular Hbond substituents is 1. The number of halogens is 2. The molecular weight excluding hydrogens is 373 g/mol. The molecule has 0 aliphatic carbocycles. The highest BCUT2D eigenvalue weighted by molar-refractivity contribution is 9.10. The Morgan fingerprint density at radius 2 is 2.00 bits per heavy atom. The van der Waals surface area contributed by atoms with Crippen molar-refractivity contribution in [2.45, 2.75) is 0 Å². The van der Waals surface area contributed by atoms with Crippen LogP contribution in [0.5, 0.6) is 5.75 Å². The van der Waals surface area contributed by atoms with Crippen molar-refractivity contribution in [1.29, 1.82) is 0 Å². The molecule has 0 atom stereocenters. The van der Waals surface area contributed by atoms with E-state index in [0.717, 1.165) is 30.5 Å². The van der Waals surface area contributed by atoms with Crippen molar-refractivity contribution in [3.8, 4) is 5.75 Å². The third-order valence-electron chi connectivity index (χ3n) is 2.76. The van der Waals surface area contributed by atoms with E-state index in [0.29, 0.717) is 0 Å². The summed E-state index contributed by atoms with van der Waals surface area (Å²) in [7, 11) is 0. The van der Waals surface area contributed by atoms with E-state index in [1.165, 1.54) is 12.1 Å². The first-order valence-corrected chi connectivity index (χ1v) is 6.93. The first kappa shape index (κ1) is 16.6. The number of hydrazone groups is 1. The topological polar surface area (TPSA) is 105 Å². The molecule has 0 saturated carbocycles. The van der Waals surface area contributed by atoms with E-state index >= 15 is 0 Å².